The van der Waals surface area contributed by atoms with Gasteiger partial charge in [-0.2, -0.15) is 0 Å². The van der Waals surface area contributed by atoms with Crippen molar-refractivity contribution in [1.82, 2.24) is 14.5 Å². The molecule has 0 saturated heterocycles. The van der Waals surface area contributed by atoms with Crippen molar-refractivity contribution in [2.45, 2.75) is 45.3 Å². The first kappa shape index (κ1) is 12.6. The normalized spacial score (nSPS) is 23.3. The van der Waals surface area contributed by atoms with Crippen LogP contribution in [0.25, 0.3) is 11.0 Å². The Balaban J connectivity index is 1.89. The van der Waals surface area contributed by atoms with Gasteiger partial charge in [0.25, 0.3) is 0 Å². The highest BCUT2D eigenvalue weighted by Gasteiger charge is 2.27. The van der Waals surface area contributed by atoms with Crippen LogP contribution in [0.4, 0.5) is 0 Å². The fourth-order valence-electron chi connectivity index (χ4n) is 3.26. The Morgan fingerprint density at radius 1 is 1.37 bits per heavy atom. The van der Waals surface area contributed by atoms with Crippen LogP contribution in [0.2, 0.25) is 0 Å². The van der Waals surface area contributed by atoms with E-state index in [2.05, 4.69) is 33.7 Å². The molecular weight excluding hydrogens is 238 g/mol. The topological polar surface area (TPSA) is 39.9 Å². The molecule has 3 rings (SSSR count). The number of aryl methyl sites for hydroxylation is 1. The third-order valence-corrected chi connectivity index (χ3v) is 4.30. The average molecular weight is 259 g/mol. The Kier molecular flexibility index (Phi) is 3.51. The van der Waals surface area contributed by atoms with E-state index in [9.17, 15) is 0 Å². The monoisotopic (exact) mass is 259 g/mol. The molecule has 102 valence electrons. The number of rotatable bonds is 4. The van der Waals surface area contributed by atoms with Crippen molar-refractivity contribution in [3.05, 3.63) is 24.3 Å². The third-order valence-electron chi connectivity index (χ3n) is 4.30. The third kappa shape index (κ3) is 2.25. The molecular formula is C15H21N3O. The smallest absolute Gasteiger partial charge is 0.143 e. The van der Waals surface area contributed by atoms with Gasteiger partial charge in [-0.3, -0.25) is 0 Å². The first-order valence-corrected chi connectivity index (χ1v) is 7.15. The molecule has 19 heavy (non-hydrogen) atoms. The van der Waals surface area contributed by atoms with Crippen LogP contribution in [0.3, 0.4) is 0 Å². The van der Waals surface area contributed by atoms with E-state index < -0.39 is 0 Å². The summed E-state index contributed by atoms with van der Waals surface area (Å²) in [5, 5.41) is 1.19. The predicted octanol–water partition coefficient (Wildman–Crippen LogP) is 2.81. The summed E-state index contributed by atoms with van der Waals surface area (Å²) in [6, 6.07) is 2.14. The van der Waals surface area contributed by atoms with E-state index in [0.29, 0.717) is 12.0 Å². The Bertz CT molecular complexity index is 564. The maximum absolute atomic E-state index is 5.58. The second-order valence-electron chi connectivity index (χ2n) is 5.34. The van der Waals surface area contributed by atoms with Crippen molar-refractivity contribution < 1.29 is 4.74 Å². The standard InChI is InChI=1S/C15H21N3O/c1-3-13-12-7-8-18(15(12)17-10-16-13)9-11-5-4-6-14(11)19-2/h7-8,10-11,14H,3-6,9H2,1-2H3. The lowest BCUT2D eigenvalue weighted by Crippen LogP contribution is -2.21. The van der Waals surface area contributed by atoms with Gasteiger partial charge in [0.2, 0.25) is 0 Å². The Morgan fingerprint density at radius 2 is 2.26 bits per heavy atom. The van der Waals surface area contributed by atoms with E-state index in [0.717, 1.165) is 24.3 Å². The molecule has 4 heteroatoms. The van der Waals surface area contributed by atoms with Crippen LogP contribution < -0.4 is 0 Å². The van der Waals surface area contributed by atoms with Gasteiger partial charge < -0.3 is 9.30 Å². The summed E-state index contributed by atoms with van der Waals surface area (Å²) in [7, 11) is 1.83. The highest BCUT2D eigenvalue weighted by molar-refractivity contribution is 5.78. The second kappa shape index (κ2) is 5.29. The molecule has 2 aromatic heterocycles. The van der Waals surface area contributed by atoms with Gasteiger partial charge in [0.1, 0.15) is 12.0 Å². The molecule has 1 saturated carbocycles. The van der Waals surface area contributed by atoms with E-state index in [1.54, 1.807) is 6.33 Å². The van der Waals surface area contributed by atoms with Gasteiger partial charge in [-0.25, -0.2) is 9.97 Å². The van der Waals surface area contributed by atoms with Gasteiger partial charge in [0.05, 0.1) is 11.8 Å². The molecule has 2 heterocycles. The zero-order valence-corrected chi connectivity index (χ0v) is 11.7. The summed E-state index contributed by atoms with van der Waals surface area (Å²) in [6.45, 7) is 3.14. The first-order valence-electron chi connectivity index (χ1n) is 7.15. The molecule has 0 spiro atoms. The van der Waals surface area contributed by atoms with Gasteiger partial charge in [0, 0.05) is 31.2 Å². The minimum absolute atomic E-state index is 0.407. The van der Waals surface area contributed by atoms with Crippen LogP contribution in [0.15, 0.2) is 18.6 Å². The lowest BCUT2D eigenvalue weighted by atomic mass is 10.1. The average Bonchev–Trinajstić information content (AvgIpc) is 3.06. The molecule has 1 aliphatic rings. The van der Waals surface area contributed by atoms with Crippen molar-refractivity contribution in [2.75, 3.05) is 7.11 Å². The Labute approximate surface area is 113 Å². The predicted molar refractivity (Wildman–Crippen MR) is 75.0 cm³/mol. The molecule has 2 aromatic rings. The van der Waals surface area contributed by atoms with Crippen LogP contribution >= 0.6 is 0 Å². The number of hydrogen-bond donors (Lipinski definition) is 0. The van der Waals surface area contributed by atoms with E-state index in [4.69, 9.17) is 4.74 Å². The summed E-state index contributed by atoms with van der Waals surface area (Å²) < 4.78 is 7.85. The molecule has 0 aromatic carbocycles. The molecule has 0 amide bonds. The van der Waals surface area contributed by atoms with Gasteiger partial charge in [-0.05, 0) is 25.3 Å². The van der Waals surface area contributed by atoms with E-state index >= 15 is 0 Å². The van der Waals surface area contributed by atoms with Crippen LogP contribution in [0, 0.1) is 5.92 Å². The summed E-state index contributed by atoms with van der Waals surface area (Å²) >= 11 is 0. The number of ether oxygens (including phenoxy) is 1. The quantitative estimate of drug-likeness (QED) is 0.847. The van der Waals surface area contributed by atoms with Crippen LogP contribution in [-0.2, 0) is 17.7 Å². The Hall–Kier alpha value is -1.42. The molecule has 0 radical (unpaired) electrons. The van der Waals surface area contributed by atoms with Crippen molar-refractivity contribution in [3.8, 4) is 0 Å². The highest BCUT2D eigenvalue weighted by atomic mass is 16.5. The van der Waals surface area contributed by atoms with Gasteiger partial charge in [0.15, 0.2) is 0 Å². The largest absolute Gasteiger partial charge is 0.381 e. The van der Waals surface area contributed by atoms with Crippen LogP contribution in [0.5, 0.6) is 0 Å². The zero-order chi connectivity index (χ0) is 13.2. The summed E-state index contributed by atoms with van der Waals surface area (Å²) in [5.74, 6) is 0.612. The number of methoxy groups -OCH3 is 1. The molecule has 0 aliphatic heterocycles. The molecule has 1 aliphatic carbocycles. The maximum atomic E-state index is 5.58. The summed E-state index contributed by atoms with van der Waals surface area (Å²) in [5.41, 5.74) is 2.20. The lowest BCUT2D eigenvalue weighted by molar-refractivity contribution is 0.0653. The highest BCUT2D eigenvalue weighted by Crippen LogP contribution is 2.30. The minimum Gasteiger partial charge on any atom is -0.381 e. The molecule has 0 N–H and O–H groups in total. The number of aromatic nitrogens is 3. The fraction of sp³-hybridized carbons (Fsp3) is 0.600. The summed E-state index contributed by atoms with van der Waals surface area (Å²) in [6.07, 6.45) is 8.90. The molecule has 1 fully saturated rings. The van der Waals surface area contributed by atoms with Gasteiger partial charge >= 0.3 is 0 Å². The zero-order valence-electron chi connectivity index (χ0n) is 11.7. The number of hydrogen-bond acceptors (Lipinski definition) is 3. The van der Waals surface area contributed by atoms with E-state index in [1.807, 2.05) is 7.11 Å². The van der Waals surface area contributed by atoms with Gasteiger partial charge in [-0.15, -0.1) is 0 Å². The van der Waals surface area contributed by atoms with Gasteiger partial charge in [-0.1, -0.05) is 13.3 Å². The van der Waals surface area contributed by atoms with E-state index in [-0.39, 0.29) is 0 Å². The summed E-state index contributed by atoms with van der Waals surface area (Å²) in [4.78, 5) is 8.81. The SMILES string of the molecule is CCc1ncnc2c1ccn2CC1CCCC1OC. The molecule has 4 nitrogen and oxygen atoms in total. The van der Waals surface area contributed by atoms with Crippen molar-refractivity contribution in [1.29, 1.82) is 0 Å². The van der Waals surface area contributed by atoms with Crippen molar-refractivity contribution in [2.24, 2.45) is 5.92 Å². The maximum Gasteiger partial charge on any atom is 0.143 e. The fourth-order valence-corrected chi connectivity index (χ4v) is 3.26. The minimum atomic E-state index is 0.407. The lowest BCUT2D eigenvalue weighted by Gasteiger charge is -2.19. The van der Waals surface area contributed by atoms with Crippen molar-refractivity contribution in [3.63, 3.8) is 0 Å². The van der Waals surface area contributed by atoms with Crippen LogP contribution in [-0.4, -0.2) is 27.7 Å². The first-order chi connectivity index (χ1) is 9.33. The second-order valence-corrected chi connectivity index (χ2v) is 5.34. The number of fused-ring (bicyclic) bond motifs is 1. The van der Waals surface area contributed by atoms with Crippen molar-refractivity contribution >= 4 is 11.0 Å². The molecule has 2 unspecified atom stereocenters. The molecule has 0 bridgehead atoms. The number of nitrogens with zero attached hydrogens (tertiary/aromatic N) is 3. The Morgan fingerprint density at radius 3 is 3.05 bits per heavy atom. The van der Waals surface area contributed by atoms with E-state index in [1.165, 1.54) is 24.6 Å². The molecule has 2 atom stereocenters. The van der Waals surface area contributed by atoms with Crippen LogP contribution in [0.1, 0.15) is 31.9 Å².